The van der Waals surface area contributed by atoms with Crippen LogP contribution < -0.4 is 15.9 Å². The van der Waals surface area contributed by atoms with E-state index in [1.807, 2.05) is 32.3 Å². The Kier molecular flexibility index (Phi) is 6.56. The Morgan fingerprint density at radius 2 is 1.97 bits per heavy atom. The number of hydrogen-bond donors (Lipinski definition) is 2. The van der Waals surface area contributed by atoms with E-state index >= 15 is 0 Å². The molecule has 8 heteroatoms. The summed E-state index contributed by atoms with van der Waals surface area (Å²) < 4.78 is 7.95. The van der Waals surface area contributed by atoms with Crippen molar-refractivity contribution in [2.75, 3.05) is 31.3 Å². The largest absolute Gasteiger partial charge is 0.378 e. The molecule has 7 nitrogen and oxygen atoms in total. The second-order valence-electron chi connectivity index (χ2n) is 7.65. The SMILES string of the molecule is CN(C)c1ccc([C@H]2[NH2+]C[C@@H](CSc3n[nH]c(=O)n3CCc3ccccc3)O2)cc1. The number of anilines is 1. The van der Waals surface area contributed by atoms with Crippen molar-refractivity contribution in [3.8, 4) is 0 Å². The topological polar surface area (TPSA) is 79.8 Å². The van der Waals surface area contributed by atoms with Crippen LogP contribution in [0.15, 0.2) is 64.5 Å². The van der Waals surface area contributed by atoms with Gasteiger partial charge < -0.3 is 15.0 Å². The summed E-state index contributed by atoms with van der Waals surface area (Å²) in [6.07, 6.45) is 0.932. The molecule has 3 aromatic rings. The van der Waals surface area contributed by atoms with E-state index in [0.29, 0.717) is 6.54 Å². The first-order valence-corrected chi connectivity index (χ1v) is 11.2. The number of nitrogens with one attached hydrogen (secondary N) is 1. The lowest BCUT2D eigenvalue weighted by molar-refractivity contribution is -0.697. The molecule has 30 heavy (non-hydrogen) atoms. The van der Waals surface area contributed by atoms with Gasteiger partial charge in [-0.25, -0.2) is 9.89 Å². The maximum absolute atomic E-state index is 12.2. The molecule has 0 bridgehead atoms. The van der Waals surface area contributed by atoms with Crippen molar-refractivity contribution in [3.63, 3.8) is 0 Å². The van der Waals surface area contributed by atoms with Gasteiger partial charge in [-0.05, 0) is 36.2 Å². The molecule has 1 aliphatic heterocycles. The van der Waals surface area contributed by atoms with Gasteiger partial charge in [-0.3, -0.25) is 4.57 Å². The van der Waals surface area contributed by atoms with Crippen LogP contribution in [0, 0.1) is 0 Å². The maximum atomic E-state index is 12.2. The van der Waals surface area contributed by atoms with E-state index < -0.39 is 0 Å². The van der Waals surface area contributed by atoms with Crippen LogP contribution in [-0.4, -0.2) is 47.3 Å². The van der Waals surface area contributed by atoms with Crippen LogP contribution in [-0.2, 0) is 17.7 Å². The molecule has 0 spiro atoms. The van der Waals surface area contributed by atoms with E-state index in [4.69, 9.17) is 4.74 Å². The monoisotopic (exact) mass is 426 g/mol. The number of aromatic nitrogens is 3. The highest BCUT2D eigenvalue weighted by molar-refractivity contribution is 7.99. The smallest absolute Gasteiger partial charge is 0.343 e. The number of benzene rings is 2. The first-order chi connectivity index (χ1) is 14.6. The Labute approximate surface area is 180 Å². The van der Waals surface area contributed by atoms with Gasteiger partial charge >= 0.3 is 5.69 Å². The predicted molar refractivity (Wildman–Crippen MR) is 119 cm³/mol. The highest BCUT2D eigenvalue weighted by Gasteiger charge is 2.30. The van der Waals surface area contributed by atoms with Gasteiger partial charge in [0.15, 0.2) is 5.16 Å². The highest BCUT2D eigenvalue weighted by Crippen LogP contribution is 2.23. The van der Waals surface area contributed by atoms with Gasteiger partial charge in [0.05, 0.1) is 0 Å². The molecule has 2 atom stereocenters. The average molecular weight is 427 g/mol. The predicted octanol–water partition coefficient (Wildman–Crippen LogP) is 1.63. The number of nitrogens with zero attached hydrogens (tertiary/aromatic N) is 3. The number of nitrogens with two attached hydrogens (primary N) is 1. The summed E-state index contributed by atoms with van der Waals surface area (Å²) in [4.78, 5) is 14.2. The Balaban J connectivity index is 1.32. The standard InChI is InChI=1S/C22H27N5O2S/c1-26(2)18-10-8-17(9-11-18)20-23-14-19(29-20)15-30-22-25-24-21(28)27(22)13-12-16-6-4-3-5-7-16/h3-11,19-20,23H,12-15H2,1-2H3,(H,24,28)/p+1/t19-,20-/m0/s1. The molecule has 1 aliphatic rings. The number of H-pyrrole nitrogens is 1. The Morgan fingerprint density at radius 1 is 1.20 bits per heavy atom. The number of thioether (sulfide) groups is 1. The lowest BCUT2D eigenvalue weighted by atomic mass is 10.1. The molecule has 0 radical (unpaired) electrons. The van der Waals surface area contributed by atoms with Crippen LogP contribution in [0.5, 0.6) is 0 Å². The van der Waals surface area contributed by atoms with Crippen LogP contribution >= 0.6 is 11.8 Å². The third kappa shape index (κ3) is 4.95. The fourth-order valence-corrected chi connectivity index (χ4v) is 4.53. The fourth-order valence-electron chi connectivity index (χ4n) is 3.54. The third-order valence-electron chi connectivity index (χ3n) is 5.28. The van der Waals surface area contributed by atoms with Crippen molar-refractivity contribution in [2.45, 2.75) is 30.5 Å². The van der Waals surface area contributed by atoms with Gasteiger partial charge in [-0.2, -0.15) is 0 Å². The molecular weight excluding hydrogens is 398 g/mol. The summed E-state index contributed by atoms with van der Waals surface area (Å²) in [5.41, 5.74) is 3.40. The van der Waals surface area contributed by atoms with E-state index in [1.54, 1.807) is 16.3 Å². The maximum Gasteiger partial charge on any atom is 0.343 e. The van der Waals surface area contributed by atoms with Gasteiger partial charge in [-0.1, -0.05) is 42.1 Å². The van der Waals surface area contributed by atoms with Crippen LogP contribution in [0.3, 0.4) is 0 Å². The minimum atomic E-state index is -0.161. The minimum Gasteiger partial charge on any atom is -0.378 e. The molecule has 0 aliphatic carbocycles. The molecule has 2 heterocycles. The van der Waals surface area contributed by atoms with Crippen molar-refractivity contribution in [3.05, 3.63) is 76.2 Å². The zero-order valence-corrected chi connectivity index (χ0v) is 18.1. The quantitative estimate of drug-likeness (QED) is 0.535. The van der Waals surface area contributed by atoms with E-state index in [-0.39, 0.29) is 18.0 Å². The summed E-state index contributed by atoms with van der Waals surface area (Å²) in [6, 6.07) is 18.7. The second-order valence-corrected chi connectivity index (χ2v) is 8.63. The van der Waals surface area contributed by atoms with Gasteiger partial charge in [-0.15, -0.1) is 5.10 Å². The first-order valence-electron chi connectivity index (χ1n) is 10.2. The summed E-state index contributed by atoms with van der Waals surface area (Å²) in [6.45, 7) is 1.51. The van der Waals surface area contributed by atoms with Gasteiger partial charge in [0, 0.05) is 37.6 Å². The molecule has 4 rings (SSSR count). The zero-order valence-electron chi connectivity index (χ0n) is 17.3. The molecular formula is C22H28N5O2S+. The van der Waals surface area contributed by atoms with Crippen molar-refractivity contribution < 1.29 is 10.1 Å². The van der Waals surface area contributed by atoms with E-state index in [2.05, 4.69) is 56.8 Å². The molecule has 158 valence electrons. The number of hydrogen-bond acceptors (Lipinski definition) is 5. The second kappa shape index (κ2) is 9.51. The van der Waals surface area contributed by atoms with E-state index in [0.717, 1.165) is 23.9 Å². The first kappa shape index (κ1) is 20.7. The average Bonchev–Trinajstić information content (AvgIpc) is 3.38. The summed E-state index contributed by atoms with van der Waals surface area (Å²) in [7, 11) is 4.07. The molecule has 1 saturated heterocycles. The lowest BCUT2D eigenvalue weighted by Crippen LogP contribution is -2.82. The van der Waals surface area contributed by atoms with E-state index in [1.165, 1.54) is 16.8 Å². The molecule has 3 N–H and O–H groups in total. The number of aryl methyl sites for hydroxylation is 1. The highest BCUT2D eigenvalue weighted by atomic mass is 32.2. The Morgan fingerprint density at radius 3 is 2.70 bits per heavy atom. The van der Waals surface area contributed by atoms with Crippen LogP contribution in [0.4, 0.5) is 5.69 Å². The van der Waals surface area contributed by atoms with Crippen molar-refractivity contribution in [1.82, 2.24) is 14.8 Å². The molecule has 0 unspecified atom stereocenters. The minimum absolute atomic E-state index is 0.0197. The molecule has 0 amide bonds. The van der Waals surface area contributed by atoms with Crippen LogP contribution in [0.25, 0.3) is 0 Å². The number of rotatable bonds is 8. The van der Waals surface area contributed by atoms with Gasteiger partial charge in [0.2, 0.25) is 6.23 Å². The molecule has 2 aromatic carbocycles. The third-order valence-corrected chi connectivity index (χ3v) is 6.39. The molecule has 0 saturated carbocycles. The van der Waals surface area contributed by atoms with Crippen molar-refractivity contribution in [2.24, 2.45) is 0 Å². The van der Waals surface area contributed by atoms with Crippen molar-refractivity contribution in [1.29, 1.82) is 0 Å². The van der Waals surface area contributed by atoms with E-state index in [9.17, 15) is 4.79 Å². The summed E-state index contributed by atoms with van der Waals surface area (Å²) >= 11 is 1.57. The Bertz CT molecular complexity index is 1000. The van der Waals surface area contributed by atoms with Gasteiger partial charge in [0.1, 0.15) is 12.6 Å². The Hall–Kier alpha value is -2.55. The molecule has 1 aromatic heterocycles. The zero-order chi connectivity index (χ0) is 20.9. The fraction of sp³-hybridized carbons (Fsp3) is 0.364. The van der Waals surface area contributed by atoms with Crippen LogP contribution in [0.2, 0.25) is 0 Å². The van der Waals surface area contributed by atoms with Crippen molar-refractivity contribution >= 4 is 17.4 Å². The number of quaternary nitrogens is 1. The number of aromatic amines is 1. The van der Waals surface area contributed by atoms with Crippen LogP contribution in [0.1, 0.15) is 17.4 Å². The number of ether oxygens (including phenoxy) is 1. The van der Waals surface area contributed by atoms with Gasteiger partial charge in [0.25, 0.3) is 0 Å². The summed E-state index contributed by atoms with van der Waals surface area (Å²) in [5, 5.41) is 9.74. The normalized spacial score (nSPS) is 18.6. The lowest BCUT2D eigenvalue weighted by Gasteiger charge is -2.14. The summed E-state index contributed by atoms with van der Waals surface area (Å²) in [5.74, 6) is 0.762. The molecule has 1 fully saturated rings.